The van der Waals surface area contributed by atoms with Gasteiger partial charge in [-0.3, -0.25) is 0 Å². The van der Waals surface area contributed by atoms with E-state index in [1.54, 1.807) is 7.11 Å². The van der Waals surface area contributed by atoms with E-state index in [1.165, 1.54) is 0 Å². The first-order chi connectivity index (χ1) is 4.70. The van der Waals surface area contributed by atoms with Gasteiger partial charge in [0, 0.05) is 13.2 Å². The van der Waals surface area contributed by atoms with E-state index in [9.17, 15) is 0 Å². The van der Waals surface area contributed by atoms with Crippen molar-refractivity contribution in [3.05, 3.63) is 0 Å². The minimum Gasteiger partial charge on any atom is -0.321 e. The monoisotopic (exact) mass is 181 g/mol. The van der Waals surface area contributed by atoms with Gasteiger partial charge in [-0.05, 0) is 18.2 Å². The molecule has 60 valence electrons. The fraction of sp³-hybridized carbons (Fsp3) is 1.00. The zero-order valence-corrected chi connectivity index (χ0v) is 7.87. The SMILES string of the molecule is CCC1COP(=S)(OC)N1. The average molecular weight is 181 g/mol. The Bertz CT molecular complexity index is 164. The van der Waals surface area contributed by atoms with Crippen LogP contribution in [0.5, 0.6) is 0 Å². The molecule has 1 fully saturated rings. The van der Waals surface area contributed by atoms with E-state index in [0.29, 0.717) is 12.6 Å². The average Bonchev–Trinajstić information content (AvgIpc) is 2.33. The van der Waals surface area contributed by atoms with Crippen molar-refractivity contribution in [3.63, 3.8) is 0 Å². The minimum absolute atomic E-state index is 0.394. The standard InChI is InChI=1S/C5H12NO2PS/c1-3-5-4-8-9(10,6-5)7-2/h5H,3-4H2,1-2H3,(H,6,10). The predicted octanol–water partition coefficient (Wildman–Crippen LogP) is 1.26. The van der Waals surface area contributed by atoms with Gasteiger partial charge < -0.3 is 9.05 Å². The molecule has 1 heterocycles. The number of rotatable bonds is 2. The molecule has 0 aromatic carbocycles. The number of hydrogen-bond acceptors (Lipinski definition) is 3. The van der Waals surface area contributed by atoms with Crippen LogP contribution in [-0.4, -0.2) is 19.8 Å². The molecule has 0 aromatic rings. The largest absolute Gasteiger partial charge is 0.321 e. The summed E-state index contributed by atoms with van der Waals surface area (Å²) in [7, 11) is 1.59. The van der Waals surface area contributed by atoms with Gasteiger partial charge in [-0.15, -0.1) is 0 Å². The van der Waals surface area contributed by atoms with Crippen LogP contribution in [0.1, 0.15) is 13.3 Å². The molecule has 1 rings (SSSR count). The normalized spacial score (nSPS) is 40.4. The Morgan fingerprint density at radius 1 is 1.90 bits per heavy atom. The van der Waals surface area contributed by atoms with Crippen LogP contribution in [-0.2, 0) is 20.9 Å². The molecular formula is C5H12NO2PS. The Morgan fingerprint density at radius 3 is 2.90 bits per heavy atom. The maximum Gasteiger partial charge on any atom is 0.261 e. The van der Waals surface area contributed by atoms with Crippen molar-refractivity contribution in [2.45, 2.75) is 19.4 Å². The van der Waals surface area contributed by atoms with Gasteiger partial charge >= 0.3 is 0 Å². The summed E-state index contributed by atoms with van der Waals surface area (Å²) < 4.78 is 10.3. The molecule has 0 bridgehead atoms. The van der Waals surface area contributed by atoms with Crippen molar-refractivity contribution >= 4 is 18.4 Å². The van der Waals surface area contributed by atoms with E-state index < -0.39 is 6.64 Å². The lowest BCUT2D eigenvalue weighted by atomic mass is 10.3. The second-order valence-corrected chi connectivity index (χ2v) is 5.53. The first-order valence-electron chi connectivity index (χ1n) is 3.28. The molecule has 5 heteroatoms. The van der Waals surface area contributed by atoms with Crippen LogP contribution < -0.4 is 5.09 Å². The van der Waals surface area contributed by atoms with Gasteiger partial charge in [0.15, 0.2) is 0 Å². The van der Waals surface area contributed by atoms with Crippen molar-refractivity contribution in [2.24, 2.45) is 0 Å². The highest BCUT2D eigenvalue weighted by Crippen LogP contribution is 2.47. The third-order valence-electron chi connectivity index (χ3n) is 1.52. The third kappa shape index (κ3) is 1.77. The highest BCUT2D eigenvalue weighted by molar-refractivity contribution is 8.09. The molecule has 2 unspecified atom stereocenters. The lowest BCUT2D eigenvalue weighted by Crippen LogP contribution is -2.20. The molecule has 0 aliphatic carbocycles. The van der Waals surface area contributed by atoms with Crippen LogP contribution >= 0.6 is 6.64 Å². The first kappa shape index (κ1) is 8.62. The van der Waals surface area contributed by atoms with Crippen LogP contribution in [0, 0.1) is 0 Å². The topological polar surface area (TPSA) is 30.5 Å². The van der Waals surface area contributed by atoms with E-state index in [2.05, 4.69) is 12.0 Å². The molecule has 2 atom stereocenters. The summed E-state index contributed by atoms with van der Waals surface area (Å²) >= 11 is 5.07. The Labute approximate surface area is 66.3 Å². The van der Waals surface area contributed by atoms with Gasteiger partial charge in [0.25, 0.3) is 6.64 Å². The van der Waals surface area contributed by atoms with Crippen molar-refractivity contribution in [1.29, 1.82) is 0 Å². The summed E-state index contributed by atoms with van der Waals surface area (Å²) in [5.41, 5.74) is 0. The molecule has 10 heavy (non-hydrogen) atoms. The molecule has 1 N–H and O–H groups in total. The molecule has 1 aliphatic heterocycles. The molecule has 1 saturated heterocycles. The quantitative estimate of drug-likeness (QED) is 0.649. The minimum atomic E-state index is -2.04. The van der Waals surface area contributed by atoms with Crippen LogP contribution in [0.3, 0.4) is 0 Å². The van der Waals surface area contributed by atoms with Crippen LogP contribution in [0.25, 0.3) is 0 Å². The van der Waals surface area contributed by atoms with Crippen LogP contribution in [0.4, 0.5) is 0 Å². The van der Waals surface area contributed by atoms with Gasteiger partial charge in [0.05, 0.1) is 6.61 Å². The molecule has 1 aliphatic rings. The zero-order chi connectivity index (χ0) is 7.61. The van der Waals surface area contributed by atoms with Gasteiger partial charge in [0.1, 0.15) is 0 Å². The summed E-state index contributed by atoms with van der Waals surface area (Å²) in [4.78, 5) is 0. The molecular weight excluding hydrogens is 169 g/mol. The van der Waals surface area contributed by atoms with E-state index in [-0.39, 0.29) is 0 Å². The highest BCUT2D eigenvalue weighted by Gasteiger charge is 2.29. The van der Waals surface area contributed by atoms with Crippen LogP contribution in [0.15, 0.2) is 0 Å². The van der Waals surface area contributed by atoms with E-state index >= 15 is 0 Å². The molecule has 0 radical (unpaired) electrons. The molecule has 3 nitrogen and oxygen atoms in total. The summed E-state index contributed by atoms with van der Waals surface area (Å²) in [6, 6.07) is 0.394. The summed E-state index contributed by atoms with van der Waals surface area (Å²) in [5, 5.41) is 3.15. The van der Waals surface area contributed by atoms with Crippen molar-refractivity contribution in [1.82, 2.24) is 5.09 Å². The summed E-state index contributed by atoms with van der Waals surface area (Å²) in [6.45, 7) is 0.755. The summed E-state index contributed by atoms with van der Waals surface area (Å²) in [6.07, 6.45) is 1.04. The Balaban J connectivity index is 2.49. The summed E-state index contributed by atoms with van der Waals surface area (Å²) in [5.74, 6) is 0. The van der Waals surface area contributed by atoms with Gasteiger partial charge in [-0.2, -0.15) is 0 Å². The Kier molecular flexibility index (Phi) is 2.83. The Hall–Kier alpha value is 0.530. The highest BCUT2D eigenvalue weighted by atomic mass is 32.5. The number of hydrogen-bond donors (Lipinski definition) is 1. The zero-order valence-electron chi connectivity index (χ0n) is 6.16. The first-order valence-corrected chi connectivity index (χ1v) is 5.92. The van der Waals surface area contributed by atoms with Gasteiger partial charge in [0.2, 0.25) is 0 Å². The smallest absolute Gasteiger partial charge is 0.261 e. The molecule has 0 aromatic heterocycles. The van der Waals surface area contributed by atoms with E-state index in [0.717, 1.165) is 6.42 Å². The van der Waals surface area contributed by atoms with Crippen molar-refractivity contribution in [3.8, 4) is 0 Å². The van der Waals surface area contributed by atoms with E-state index in [4.69, 9.17) is 20.9 Å². The van der Waals surface area contributed by atoms with Gasteiger partial charge in [-0.25, -0.2) is 5.09 Å². The lowest BCUT2D eigenvalue weighted by molar-refractivity contribution is 0.304. The Morgan fingerprint density at radius 2 is 2.60 bits per heavy atom. The van der Waals surface area contributed by atoms with E-state index in [1.807, 2.05) is 0 Å². The fourth-order valence-electron chi connectivity index (χ4n) is 0.801. The van der Waals surface area contributed by atoms with Crippen molar-refractivity contribution in [2.75, 3.05) is 13.7 Å². The third-order valence-corrected chi connectivity index (χ3v) is 4.25. The van der Waals surface area contributed by atoms with Crippen LogP contribution in [0.2, 0.25) is 0 Å². The molecule has 0 spiro atoms. The maximum absolute atomic E-state index is 5.29. The second kappa shape index (κ2) is 3.28. The fourth-order valence-corrected chi connectivity index (χ4v) is 2.80. The molecule has 0 saturated carbocycles. The second-order valence-electron chi connectivity index (χ2n) is 2.21. The van der Waals surface area contributed by atoms with Crippen molar-refractivity contribution < 1.29 is 9.05 Å². The molecule has 0 amide bonds. The van der Waals surface area contributed by atoms with Gasteiger partial charge in [-0.1, -0.05) is 6.92 Å². The maximum atomic E-state index is 5.29. The predicted molar refractivity (Wildman–Crippen MR) is 44.5 cm³/mol. The number of nitrogens with one attached hydrogen (secondary N) is 1. The lowest BCUT2D eigenvalue weighted by Gasteiger charge is -2.11.